The van der Waals surface area contributed by atoms with E-state index in [1.165, 1.54) is 41.5 Å². The quantitative estimate of drug-likeness (QED) is 0.0190. The summed E-state index contributed by atoms with van der Waals surface area (Å²) < 4.78 is 75.2. The average Bonchev–Trinajstić information content (AvgIpc) is 1.48. The minimum Gasteiger partial charge on any atom is -0.491 e. The van der Waals surface area contributed by atoms with Crippen LogP contribution in [0.2, 0.25) is 0 Å². The zero-order chi connectivity index (χ0) is 69.2. The minimum absolute atomic E-state index is 0.0425. The number of thiazole rings is 1. The number of carbonyl (C=O) groups excluding carboxylic acids is 3. The van der Waals surface area contributed by atoms with E-state index in [-0.39, 0.29) is 98.6 Å². The maximum Gasteiger partial charge on any atom is 0.410 e. The van der Waals surface area contributed by atoms with Crippen LogP contribution in [-0.4, -0.2) is 201 Å². The number of aliphatic hydroxyl groups is 3. The smallest absolute Gasteiger partial charge is 0.410 e. The molecule has 5 aliphatic rings. The van der Waals surface area contributed by atoms with Gasteiger partial charge in [-0.1, -0.05) is 61.6 Å². The molecule has 4 aromatic carbocycles. The zero-order valence-electron chi connectivity index (χ0n) is 53.8. The third-order valence-electron chi connectivity index (χ3n) is 18.4. The molecule has 0 radical (unpaired) electrons. The van der Waals surface area contributed by atoms with Crippen molar-refractivity contribution < 1.29 is 95.6 Å². The van der Waals surface area contributed by atoms with Crippen molar-refractivity contribution in [2.45, 2.75) is 115 Å². The van der Waals surface area contributed by atoms with Crippen LogP contribution in [0.5, 0.6) is 11.5 Å². The van der Waals surface area contributed by atoms with Gasteiger partial charge in [0.15, 0.2) is 16.9 Å². The fourth-order valence-electron chi connectivity index (χ4n) is 15.3. The monoisotopic (exact) mass is 1380 g/mol. The van der Waals surface area contributed by atoms with Gasteiger partial charge in [-0.25, -0.2) is 24.4 Å². The van der Waals surface area contributed by atoms with Crippen LogP contribution in [0.3, 0.4) is 0 Å². The van der Waals surface area contributed by atoms with Gasteiger partial charge in [-0.15, -0.1) is 0 Å². The van der Waals surface area contributed by atoms with Gasteiger partial charge in [-0.3, -0.25) is 24.1 Å². The summed E-state index contributed by atoms with van der Waals surface area (Å²) in [7, 11) is -2.99. The summed E-state index contributed by atoms with van der Waals surface area (Å²) in [5, 5.41) is 63.9. The number of aromatic carboxylic acids is 1. The summed E-state index contributed by atoms with van der Waals surface area (Å²) in [5.74, 6) is -4.91. The number of hydrogen-bond acceptors (Lipinski definition) is 22. The van der Waals surface area contributed by atoms with Crippen LogP contribution in [0.15, 0.2) is 97.2 Å². The molecule has 3 aromatic heterocycles. The largest absolute Gasteiger partial charge is 0.491 e. The fraction of sp³-hybridized carbons (Fsp3) is 0.463. The molecule has 7 aromatic rings. The van der Waals surface area contributed by atoms with Gasteiger partial charge < -0.3 is 74.6 Å². The number of nitrogens with one attached hydrogen (secondary N) is 2. The van der Waals surface area contributed by atoms with Gasteiger partial charge in [-0.2, -0.15) is 13.5 Å². The highest BCUT2D eigenvalue weighted by Crippen LogP contribution is 2.72. The number of para-hydroxylation sites is 1. The van der Waals surface area contributed by atoms with Crippen LogP contribution >= 0.6 is 11.3 Å². The predicted octanol–water partition coefficient (Wildman–Crippen LogP) is 6.05. The van der Waals surface area contributed by atoms with Gasteiger partial charge in [0.2, 0.25) is 12.2 Å². The molecule has 30 heteroatoms. The number of amides is 3. The van der Waals surface area contributed by atoms with Gasteiger partial charge >= 0.3 is 18.0 Å². The molecule has 2 unspecified atom stereocenters. The number of aliphatic carboxylic acids is 1. The number of anilines is 1. The van der Waals surface area contributed by atoms with Gasteiger partial charge in [0.1, 0.15) is 49.1 Å². The first-order valence-electron chi connectivity index (χ1n) is 31.6. The Hall–Kier alpha value is -8.27. The summed E-state index contributed by atoms with van der Waals surface area (Å²) in [6, 6.07) is 25.0. The molecular formula is C67H78N8O20S2. The summed E-state index contributed by atoms with van der Waals surface area (Å²) in [4.78, 5) is 75.8. The summed E-state index contributed by atoms with van der Waals surface area (Å²) >= 11 is 1.38. The lowest BCUT2D eigenvalue weighted by atomic mass is 9.39. The van der Waals surface area contributed by atoms with E-state index in [4.69, 9.17) is 53.5 Å². The van der Waals surface area contributed by atoms with Crippen LogP contribution in [0.1, 0.15) is 84.5 Å². The number of hydrogen-bond donors (Lipinski definition) is 9. The number of ether oxygens (including phenoxy) is 7. The molecule has 3 amide bonds. The Morgan fingerprint density at radius 1 is 0.835 bits per heavy atom. The maximum atomic E-state index is 14.1. The van der Waals surface area contributed by atoms with Gasteiger partial charge in [-0.05, 0) is 121 Å². The normalized spacial score (nSPS) is 24.6. The van der Waals surface area contributed by atoms with E-state index in [0.29, 0.717) is 50.6 Å². The summed E-state index contributed by atoms with van der Waals surface area (Å²) in [5.41, 5.74) is 8.86. The van der Waals surface area contributed by atoms with Crippen molar-refractivity contribution in [1.29, 1.82) is 0 Å². The van der Waals surface area contributed by atoms with Crippen LogP contribution in [-0.2, 0) is 56.5 Å². The second kappa shape index (κ2) is 28.7. The van der Waals surface area contributed by atoms with Crippen molar-refractivity contribution in [1.82, 2.24) is 30.0 Å². The molecule has 1 aliphatic heterocycles. The standard InChI is InChI=1S/C67H78N8O20S2/c1-38-46(43-16-17-48(71-52(43)59(81)82)40-13-12-39-8-7-9-44(45(39)26-40)57(79)73-62-72-49-10-5-6-11-51(49)96-62)28-70-75(38)37-66-32-64(2)31-65(3,33-66)35-67(34-64,36-66)93-23-20-74(19-22-89-4)63(85)92-29-41-14-15-42(94-61-55(78)53(76)54(77)56(95-61)60(83)84)27-50(41)91-25-24-90-21-18-69-58(80)47(68)30-97(86,87)88/h5-17,26-28,47,53-56,61,76-78H,18-25,29-37,68H2,1-4H3,(H,69,80)(H,81,82)(H,83,84)(H,72,73,79)(H,86,87,88)/t47-,53-,54-,55+,56-,61+,64?,65?,66?,67?/m0/s1. The van der Waals surface area contributed by atoms with E-state index in [1.54, 1.807) is 24.4 Å². The number of nitrogens with two attached hydrogens (primary N) is 1. The van der Waals surface area contributed by atoms with Crippen molar-refractivity contribution >= 4 is 77.4 Å². The Kier molecular flexibility index (Phi) is 20.7. The highest BCUT2D eigenvalue weighted by Gasteiger charge is 2.66. The Bertz CT molecular complexity index is 4170. The van der Waals surface area contributed by atoms with E-state index in [1.807, 2.05) is 66.2 Å². The third-order valence-corrected chi connectivity index (χ3v) is 20.1. The van der Waals surface area contributed by atoms with E-state index in [0.717, 1.165) is 59.8 Å². The lowest BCUT2D eigenvalue weighted by molar-refractivity contribution is -0.271. The number of aromatic nitrogens is 4. The number of benzene rings is 4. The minimum atomic E-state index is -4.50. The molecule has 12 rings (SSSR count). The van der Waals surface area contributed by atoms with Crippen molar-refractivity contribution in [3.05, 3.63) is 120 Å². The first-order valence-corrected chi connectivity index (χ1v) is 34.0. The van der Waals surface area contributed by atoms with Crippen LogP contribution in [0.25, 0.3) is 43.4 Å². The number of carbonyl (C=O) groups is 5. The third kappa shape index (κ3) is 16.0. The Morgan fingerprint density at radius 3 is 2.33 bits per heavy atom. The first-order chi connectivity index (χ1) is 46.1. The van der Waals surface area contributed by atoms with Crippen molar-refractivity contribution in [3.8, 4) is 33.9 Å². The molecule has 10 N–H and O–H groups in total. The molecule has 4 aliphatic carbocycles. The molecule has 0 spiro atoms. The van der Waals surface area contributed by atoms with Crippen LogP contribution < -0.4 is 25.8 Å². The predicted molar refractivity (Wildman–Crippen MR) is 351 cm³/mol. The van der Waals surface area contributed by atoms with Gasteiger partial charge in [0, 0.05) is 72.9 Å². The molecule has 28 nitrogen and oxygen atoms in total. The number of methoxy groups -OCH3 is 1. The lowest BCUT2D eigenvalue weighted by Crippen LogP contribution is -2.64. The topological polar surface area (TPSA) is 402 Å². The van der Waals surface area contributed by atoms with E-state index >= 15 is 0 Å². The number of carboxylic acids is 2. The fourth-order valence-corrected chi connectivity index (χ4v) is 16.8. The first kappa shape index (κ1) is 70.1. The molecular weight excluding hydrogens is 1300 g/mol. The number of pyridine rings is 1. The van der Waals surface area contributed by atoms with Crippen molar-refractivity contribution in [3.63, 3.8) is 0 Å². The van der Waals surface area contributed by atoms with E-state index in [2.05, 4.69) is 29.5 Å². The summed E-state index contributed by atoms with van der Waals surface area (Å²) in [6.45, 7) is 7.08. The second-order valence-corrected chi connectivity index (χ2v) is 28.9. The number of carboxylic acid groups (broad SMARTS) is 2. The Labute approximate surface area is 561 Å². The SMILES string of the molecule is COCCN(CCOC12CC3(C)CC(C)(CC(Cn4ncc(-c5ccc(-c6ccc7cccc(C(=O)Nc8nc9ccccc9s8)c7c6)nc5C(=O)O)c4C)(C3)C1)C2)C(=O)OCc1ccc(O[C@@H]2O[C@H](C(=O)O)[C@@H](O)[C@H](O)[C@H]2O)cc1OCCOCCNC(=O)[C@@H](N)CS(=O)(=O)O. The number of nitrogens with zero attached hydrogens (tertiary/aromatic N) is 5. The molecule has 518 valence electrons. The maximum absolute atomic E-state index is 14.1. The van der Waals surface area contributed by atoms with Gasteiger partial charge in [0.05, 0.1) is 59.9 Å². The molecule has 5 fully saturated rings. The van der Waals surface area contributed by atoms with Crippen LogP contribution in [0, 0.1) is 23.2 Å². The average molecular weight is 1380 g/mol. The highest BCUT2D eigenvalue weighted by molar-refractivity contribution is 7.85. The number of aliphatic hydroxyl groups excluding tert-OH is 3. The molecule has 4 saturated carbocycles. The van der Waals surface area contributed by atoms with Crippen molar-refractivity contribution in [2.24, 2.45) is 22.0 Å². The van der Waals surface area contributed by atoms with E-state index < -0.39 is 82.2 Å². The van der Waals surface area contributed by atoms with E-state index in [9.17, 15) is 57.9 Å². The summed E-state index contributed by atoms with van der Waals surface area (Å²) in [6.07, 6.45) is -3.26. The van der Waals surface area contributed by atoms with Gasteiger partial charge in [0.25, 0.3) is 16.0 Å². The molecule has 4 heterocycles. The second-order valence-electron chi connectivity index (χ2n) is 26.4. The zero-order valence-corrected chi connectivity index (χ0v) is 55.4. The molecule has 4 bridgehead atoms. The number of fused-ring (bicyclic) bond motifs is 2. The lowest BCUT2D eigenvalue weighted by Gasteiger charge is -2.69. The number of rotatable bonds is 29. The molecule has 1 saturated heterocycles. The van der Waals surface area contributed by atoms with Crippen LogP contribution in [0.4, 0.5) is 9.93 Å². The van der Waals surface area contributed by atoms with Crippen molar-refractivity contribution in [2.75, 3.05) is 70.8 Å². The molecule has 97 heavy (non-hydrogen) atoms. The Morgan fingerprint density at radius 2 is 1.60 bits per heavy atom. The molecule has 8 atom stereocenters. The highest BCUT2D eigenvalue weighted by atomic mass is 32.2. The Balaban J connectivity index is 0.749.